The lowest BCUT2D eigenvalue weighted by Crippen LogP contribution is -2.26. The first-order valence-corrected chi connectivity index (χ1v) is 23.6. The van der Waals surface area contributed by atoms with Crippen molar-refractivity contribution in [3.63, 3.8) is 0 Å². The van der Waals surface area contributed by atoms with Crippen LogP contribution in [0.2, 0.25) is 0 Å². The quantitative estimate of drug-likeness (QED) is 0.155. The molecule has 0 bridgehead atoms. The minimum absolute atomic E-state index is 0.500. The van der Waals surface area contributed by atoms with Crippen molar-refractivity contribution in [2.75, 3.05) is 0 Å². The first-order valence-electron chi connectivity index (χ1n) is 23.6. The van der Waals surface area contributed by atoms with E-state index in [1.165, 1.54) is 153 Å². The molecular formula is C67H38. The lowest BCUT2D eigenvalue weighted by Gasteiger charge is -2.32. The van der Waals surface area contributed by atoms with Gasteiger partial charge in [0.25, 0.3) is 0 Å². The second-order valence-corrected chi connectivity index (χ2v) is 19.0. The molecule has 0 saturated carbocycles. The minimum atomic E-state index is -0.500. The molecule has 0 nitrogen and oxygen atoms in total. The van der Waals surface area contributed by atoms with Crippen LogP contribution in [-0.4, -0.2) is 0 Å². The second kappa shape index (κ2) is 12.8. The number of hydrogen-bond donors (Lipinski definition) is 0. The molecular weight excluding hydrogens is 805 g/mol. The second-order valence-electron chi connectivity index (χ2n) is 19.0. The summed E-state index contributed by atoms with van der Waals surface area (Å²) in [7, 11) is 0. The van der Waals surface area contributed by atoms with Crippen molar-refractivity contribution in [2.24, 2.45) is 0 Å². The third kappa shape index (κ3) is 4.57. The predicted molar refractivity (Wildman–Crippen MR) is 284 cm³/mol. The van der Waals surface area contributed by atoms with Crippen LogP contribution in [-0.2, 0) is 5.41 Å². The van der Waals surface area contributed by atoms with E-state index in [0.717, 1.165) is 0 Å². The van der Waals surface area contributed by atoms with Crippen molar-refractivity contribution >= 4 is 75.4 Å². The van der Waals surface area contributed by atoms with Gasteiger partial charge in [0.1, 0.15) is 0 Å². The van der Waals surface area contributed by atoms with Crippen molar-refractivity contribution in [1.82, 2.24) is 0 Å². The fraction of sp³-hybridized carbons (Fsp3) is 0.0149. The Morgan fingerprint density at radius 3 is 1.36 bits per heavy atom. The molecule has 0 fully saturated rings. The molecule has 67 heavy (non-hydrogen) atoms. The molecule has 0 aromatic heterocycles. The van der Waals surface area contributed by atoms with E-state index in [1.54, 1.807) is 0 Å². The highest BCUT2D eigenvalue weighted by Crippen LogP contribution is 2.64. The Bertz CT molecular complexity index is 4330. The van der Waals surface area contributed by atoms with E-state index in [9.17, 15) is 0 Å². The van der Waals surface area contributed by atoms with Crippen molar-refractivity contribution in [3.05, 3.63) is 253 Å². The van der Waals surface area contributed by atoms with Gasteiger partial charge in [-0.2, -0.15) is 0 Å². The smallest absolute Gasteiger partial charge is 0.0622 e. The molecule has 0 N–H and O–H groups in total. The number of benzene rings is 14. The molecule has 0 unspecified atom stereocenters. The van der Waals surface area contributed by atoms with Gasteiger partial charge >= 0.3 is 0 Å². The normalized spacial score (nSPS) is 13.5. The summed E-state index contributed by atoms with van der Waals surface area (Å²) in [5, 5.41) is 18.3. The van der Waals surface area contributed by atoms with E-state index in [-0.39, 0.29) is 0 Å². The van der Waals surface area contributed by atoms with Crippen LogP contribution >= 0.6 is 0 Å². The Balaban J connectivity index is 0.923. The topological polar surface area (TPSA) is 0 Å². The molecule has 1 spiro atoms. The first kappa shape index (κ1) is 35.7. The Morgan fingerprint density at radius 2 is 0.672 bits per heavy atom. The molecule has 0 amide bonds. The Kier molecular flexibility index (Phi) is 6.84. The molecule has 16 rings (SSSR count). The minimum Gasteiger partial charge on any atom is -0.0622 e. The molecule has 0 heteroatoms. The standard InChI is InChI=1S/C67H38/c1-2-9-39(10-3-1)50-28-21-42-24-33-57-51(29-22-43-23-32-56(50)64(42)65(43)57)46-26-31-55-58-34-27-45-35-44(49-36-47-19-17-40-11-8-12-41-18-20-48(37-49)63(47)62(40)41)25-30-52(45)66(58)67(61(55)38-46)59-15-6-4-13-53(59)54-14-5-7-16-60(54)67/h1-38H. The van der Waals surface area contributed by atoms with E-state index < -0.39 is 5.41 Å². The summed E-state index contributed by atoms with van der Waals surface area (Å²) >= 11 is 0. The van der Waals surface area contributed by atoms with E-state index in [0.29, 0.717) is 0 Å². The average Bonchev–Trinajstić information content (AvgIpc) is 3.86. The Hall–Kier alpha value is -8.58. The Labute approximate surface area is 387 Å². The lowest BCUT2D eigenvalue weighted by molar-refractivity contribution is 0.801. The largest absolute Gasteiger partial charge is 0.0731 e. The maximum absolute atomic E-state index is 2.55. The van der Waals surface area contributed by atoms with Crippen LogP contribution in [0.3, 0.4) is 0 Å². The fourth-order valence-electron chi connectivity index (χ4n) is 13.2. The highest BCUT2D eigenvalue weighted by molar-refractivity contribution is 6.28. The van der Waals surface area contributed by atoms with Gasteiger partial charge in [-0.25, -0.2) is 0 Å². The van der Waals surface area contributed by atoms with Crippen LogP contribution in [0, 0.1) is 0 Å². The molecule has 2 aliphatic rings. The van der Waals surface area contributed by atoms with Gasteiger partial charge in [0.05, 0.1) is 5.41 Å². The highest BCUT2D eigenvalue weighted by Gasteiger charge is 2.52. The molecule has 0 heterocycles. The van der Waals surface area contributed by atoms with Crippen molar-refractivity contribution in [2.45, 2.75) is 5.41 Å². The van der Waals surface area contributed by atoms with Crippen LogP contribution < -0.4 is 0 Å². The monoisotopic (exact) mass is 842 g/mol. The molecule has 0 radical (unpaired) electrons. The zero-order valence-corrected chi connectivity index (χ0v) is 36.4. The molecule has 2 aliphatic carbocycles. The highest BCUT2D eigenvalue weighted by atomic mass is 14.5. The summed E-state index contributed by atoms with van der Waals surface area (Å²) in [6.07, 6.45) is 0. The SMILES string of the molecule is c1ccc(-c2ccc3ccc4c(-c5ccc6c(c5)C5(c7ccccc7-c7ccccc75)c5c-6ccc6cc(-c7cc8ccc9cccc%10ccc(c7)c8c9%10)ccc56)ccc5ccc2c3c54)cc1. The average molecular weight is 843 g/mol. The summed E-state index contributed by atoms with van der Waals surface area (Å²) < 4.78 is 0. The Morgan fingerprint density at radius 1 is 0.209 bits per heavy atom. The third-order valence-electron chi connectivity index (χ3n) is 15.9. The molecule has 0 aliphatic heterocycles. The predicted octanol–water partition coefficient (Wildman–Crippen LogP) is 18.0. The summed E-state index contributed by atoms with van der Waals surface area (Å²) in [6.45, 7) is 0. The zero-order chi connectivity index (χ0) is 43.5. The zero-order valence-electron chi connectivity index (χ0n) is 36.4. The van der Waals surface area contributed by atoms with E-state index in [2.05, 4.69) is 231 Å². The van der Waals surface area contributed by atoms with Crippen LogP contribution in [0.4, 0.5) is 0 Å². The number of fused-ring (bicyclic) bond motifs is 12. The van der Waals surface area contributed by atoms with Crippen LogP contribution in [0.25, 0.3) is 131 Å². The van der Waals surface area contributed by atoms with Crippen LogP contribution in [0.1, 0.15) is 22.3 Å². The lowest BCUT2D eigenvalue weighted by atomic mass is 9.69. The van der Waals surface area contributed by atoms with Gasteiger partial charge in [-0.3, -0.25) is 0 Å². The van der Waals surface area contributed by atoms with Gasteiger partial charge in [-0.15, -0.1) is 0 Å². The van der Waals surface area contributed by atoms with Gasteiger partial charge in [0.2, 0.25) is 0 Å². The molecule has 306 valence electrons. The number of rotatable bonds is 3. The van der Waals surface area contributed by atoms with Crippen molar-refractivity contribution < 1.29 is 0 Å². The van der Waals surface area contributed by atoms with E-state index in [1.807, 2.05) is 0 Å². The van der Waals surface area contributed by atoms with E-state index >= 15 is 0 Å². The number of hydrogen-bond acceptors (Lipinski definition) is 0. The molecule has 0 atom stereocenters. The molecule has 14 aromatic carbocycles. The van der Waals surface area contributed by atoms with Gasteiger partial charge < -0.3 is 0 Å². The summed E-state index contributed by atoms with van der Waals surface area (Å²) in [4.78, 5) is 0. The maximum Gasteiger partial charge on any atom is 0.0731 e. The first-order chi connectivity index (χ1) is 33.2. The molecule has 14 aromatic rings. The fourth-order valence-corrected chi connectivity index (χ4v) is 13.2. The van der Waals surface area contributed by atoms with Gasteiger partial charge in [-0.1, -0.05) is 206 Å². The molecule has 0 saturated heterocycles. The van der Waals surface area contributed by atoms with Gasteiger partial charge in [-0.05, 0) is 178 Å². The maximum atomic E-state index is 2.55. The van der Waals surface area contributed by atoms with E-state index in [4.69, 9.17) is 0 Å². The van der Waals surface area contributed by atoms with Gasteiger partial charge in [0.15, 0.2) is 0 Å². The van der Waals surface area contributed by atoms with Crippen LogP contribution in [0.5, 0.6) is 0 Å². The summed E-state index contributed by atoms with van der Waals surface area (Å²) in [6, 6.07) is 87.9. The van der Waals surface area contributed by atoms with Gasteiger partial charge in [0, 0.05) is 0 Å². The third-order valence-corrected chi connectivity index (χ3v) is 15.9. The van der Waals surface area contributed by atoms with Crippen LogP contribution in [0.15, 0.2) is 231 Å². The van der Waals surface area contributed by atoms with Crippen molar-refractivity contribution in [1.29, 1.82) is 0 Å². The summed E-state index contributed by atoms with van der Waals surface area (Å²) in [5.74, 6) is 0. The van der Waals surface area contributed by atoms with Crippen molar-refractivity contribution in [3.8, 4) is 55.6 Å². The summed E-state index contributed by atoms with van der Waals surface area (Å²) in [5.41, 5.74) is 17.8.